The Morgan fingerprint density at radius 2 is 1.43 bits per heavy atom. The monoisotopic (exact) mass is 394 g/mol. The van der Waals surface area contributed by atoms with Gasteiger partial charge in [0.05, 0.1) is 0 Å². The predicted octanol–water partition coefficient (Wildman–Crippen LogP) is 8.24. The highest BCUT2D eigenvalue weighted by Crippen LogP contribution is 2.40. The van der Waals surface area contributed by atoms with Crippen LogP contribution in [0.15, 0.2) is 52.3 Å². The number of carbonyl (C=O) groups excluding carboxylic acids is 1. The number of fused-ring (bicyclic) bond motifs is 2. The van der Waals surface area contributed by atoms with Crippen molar-refractivity contribution in [3.8, 4) is 0 Å². The van der Waals surface area contributed by atoms with Gasteiger partial charge in [-0.05, 0) is 29.7 Å². The molecule has 0 bridgehead atoms. The SMILES string of the molecule is CCCCCCCCCCCCC(=O)c1cccc2c1Cc1ccccc1S2. The lowest BCUT2D eigenvalue weighted by Crippen LogP contribution is -2.08. The van der Waals surface area contributed by atoms with Crippen molar-refractivity contribution in [3.05, 3.63) is 59.2 Å². The van der Waals surface area contributed by atoms with Gasteiger partial charge in [0.1, 0.15) is 0 Å². The van der Waals surface area contributed by atoms with Crippen molar-refractivity contribution in [3.63, 3.8) is 0 Å². The number of ketones is 1. The molecule has 0 atom stereocenters. The average molecular weight is 395 g/mol. The van der Waals surface area contributed by atoms with Crippen LogP contribution in [0.2, 0.25) is 0 Å². The predicted molar refractivity (Wildman–Crippen MR) is 121 cm³/mol. The molecule has 0 aliphatic carbocycles. The molecule has 150 valence electrons. The van der Waals surface area contributed by atoms with Gasteiger partial charge >= 0.3 is 0 Å². The van der Waals surface area contributed by atoms with Gasteiger partial charge in [-0.2, -0.15) is 0 Å². The molecule has 2 aromatic carbocycles. The van der Waals surface area contributed by atoms with Gasteiger partial charge in [-0.1, -0.05) is 107 Å². The summed E-state index contributed by atoms with van der Waals surface area (Å²) in [5, 5.41) is 0. The standard InChI is InChI=1S/C26H34OS/c1-2-3-4-5-6-7-8-9-10-11-17-24(27)22-16-14-19-26-23(22)20-21-15-12-13-18-25(21)28-26/h12-16,18-19H,2-11,17,20H2,1H3. The smallest absolute Gasteiger partial charge is 0.163 e. The van der Waals surface area contributed by atoms with E-state index in [0.29, 0.717) is 12.2 Å². The number of hydrogen-bond acceptors (Lipinski definition) is 2. The van der Waals surface area contributed by atoms with E-state index >= 15 is 0 Å². The molecule has 28 heavy (non-hydrogen) atoms. The Labute approximate surface area is 175 Å². The first-order valence-electron chi connectivity index (χ1n) is 11.2. The van der Waals surface area contributed by atoms with Gasteiger partial charge in [0.2, 0.25) is 0 Å². The molecule has 0 spiro atoms. The molecule has 0 aromatic heterocycles. The summed E-state index contributed by atoms with van der Waals surface area (Å²) >= 11 is 1.81. The highest BCUT2D eigenvalue weighted by Gasteiger charge is 2.21. The molecule has 0 unspecified atom stereocenters. The molecule has 2 aromatic rings. The highest BCUT2D eigenvalue weighted by atomic mass is 32.2. The van der Waals surface area contributed by atoms with Crippen LogP contribution in [0, 0.1) is 0 Å². The molecule has 0 saturated heterocycles. The van der Waals surface area contributed by atoms with Gasteiger partial charge in [0, 0.05) is 28.2 Å². The molecular formula is C26H34OS. The fourth-order valence-corrected chi connectivity index (χ4v) is 5.18. The maximum atomic E-state index is 12.9. The lowest BCUT2D eigenvalue weighted by atomic mass is 9.94. The maximum absolute atomic E-state index is 12.9. The van der Waals surface area contributed by atoms with Gasteiger partial charge in [0.15, 0.2) is 5.78 Å². The third-order valence-corrected chi connectivity index (χ3v) is 6.97. The van der Waals surface area contributed by atoms with Gasteiger partial charge in [-0.25, -0.2) is 0 Å². The van der Waals surface area contributed by atoms with E-state index in [4.69, 9.17) is 0 Å². The summed E-state index contributed by atoms with van der Waals surface area (Å²) in [5.41, 5.74) is 3.54. The third-order valence-electron chi connectivity index (χ3n) is 5.75. The molecule has 1 nitrogen and oxygen atoms in total. The largest absolute Gasteiger partial charge is 0.294 e. The summed E-state index contributed by atoms with van der Waals surface area (Å²) in [6, 6.07) is 14.8. The second-order valence-corrected chi connectivity index (χ2v) is 9.11. The third kappa shape index (κ3) is 5.98. The van der Waals surface area contributed by atoms with E-state index in [1.54, 1.807) is 11.8 Å². The van der Waals surface area contributed by atoms with Crippen LogP contribution in [-0.2, 0) is 6.42 Å². The minimum atomic E-state index is 0.330. The van der Waals surface area contributed by atoms with Crippen LogP contribution in [0.25, 0.3) is 0 Å². The van der Waals surface area contributed by atoms with Crippen molar-refractivity contribution in [1.29, 1.82) is 0 Å². The molecule has 1 aliphatic heterocycles. The van der Waals surface area contributed by atoms with Crippen molar-refractivity contribution in [2.45, 2.75) is 93.8 Å². The molecule has 0 saturated carbocycles. The summed E-state index contributed by atoms with van der Waals surface area (Å²) in [6.07, 6.45) is 14.6. The molecule has 1 aliphatic rings. The molecule has 0 radical (unpaired) electrons. The van der Waals surface area contributed by atoms with Crippen LogP contribution in [0.3, 0.4) is 0 Å². The molecule has 1 heterocycles. The van der Waals surface area contributed by atoms with E-state index in [1.807, 2.05) is 12.1 Å². The summed E-state index contributed by atoms with van der Waals surface area (Å²) in [5.74, 6) is 0.330. The molecule has 0 amide bonds. The Morgan fingerprint density at radius 1 is 0.786 bits per heavy atom. The minimum absolute atomic E-state index is 0.330. The fourth-order valence-electron chi connectivity index (χ4n) is 4.07. The van der Waals surface area contributed by atoms with E-state index in [-0.39, 0.29) is 0 Å². The van der Waals surface area contributed by atoms with Crippen molar-refractivity contribution in [1.82, 2.24) is 0 Å². The number of unbranched alkanes of at least 4 members (excludes halogenated alkanes) is 9. The molecule has 3 rings (SSSR count). The van der Waals surface area contributed by atoms with E-state index in [2.05, 4.69) is 37.3 Å². The minimum Gasteiger partial charge on any atom is -0.294 e. The fraction of sp³-hybridized carbons (Fsp3) is 0.500. The maximum Gasteiger partial charge on any atom is 0.163 e. The number of carbonyl (C=O) groups is 1. The van der Waals surface area contributed by atoms with Crippen molar-refractivity contribution in [2.24, 2.45) is 0 Å². The summed E-state index contributed by atoms with van der Waals surface area (Å²) in [6.45, 7) is 2.27. The van der Waals surface area contributed by atoms with E-state index in [0.717, 1.165) is 18.4 Å². The lowest BCUT2D eigenvalue weighted by Gasteiger charge is -2.21. The first-order valence-corrected chi connectivity index (χ1v) is 12.0. The van der Waals surface area contributed by atoms with E-state index in [1.165, 1.54) is 78.7 Å². The van der Waals surface area contributed by atoms with Gasteiger partial charge in [0.25, 0.3) is 0 Å². The van der Waals surface area contributed by atoms with Gasteiger partial charge in [-0.3, -0.25) is 4.79 Å². The Morgan fingerprint density at radius 3 is 2.18 bits per heavy atom. The Bertz CT molecular complexity index is 765. The van der Waals surface area contributed by atoms with Crippen molar-refractivity contribution >= 4 is 17.5 Å². The second-order valence-electron chi connectivity index (χ2n) is 8.02. The first kappa shape index (κ1) is 21.2. The lowest BCUT2D eigenvalue weighted by molar-refractivity contribution is 0.0978. The zero-order valence-corrected chi connectivity index (χ0v) is 18.2. The van der Waals surface area contributed by atoms with Crippen LogP contribution in [0.4, 0.5) is 0 Å². The summed E-state index contributed by atoms with van der Waals surface area (Å²) in [4.78, 5) is 15.4. The van der Waals surface area contributed by atoms with E-state index in [9.17, 15) is 4.79 Å². The average Bonchev–Trinajstić information content (AvgIpc) is 2.73. The van der Waals surface area contributed by atoms with Crippen LogP contribution in [0.1, 0.15) is 99.0 Å². The van der Waals surface area contributed by atoms with Crippen molar-refractivity contribution < 1.29 is 4.79 Å². The van der Waals surface area contributed by atoms with Crippen LogP contribution in [0.5, 0.6) is 0 Å². The number of rotatable bonds is 12. The van der Waals surface area contributed by atoms with Crippen molar-refractivity contribution in [2.75, 3.05) is 0 Å². The zero-order chi connectivity index (χ0) is 19.6. The Balaban J connectivity index is 1.41. The second kappa shape index (κ2) is 11.5. The number of benzene rings is 2. The molecule has 2 heteroatoms. The molecule has 0 fully saturated rings. The topological polar surface area (TPSA) is 17.1 Å². The molecular weight excluding hydrogens is 360 g/mol. The van der Waals surface area contributed by atoms with Gasteiger partial charge in [-0.15, -0.1) is 0 Å². The number of hydrogen-bond donors (Lipinski definition) is 0. The highest BCUT2D eigenvalue weighted by molar-refractivity contribution is 7.99. The molecule has 0 N–H and O–H groups in total. The number of Topliss-reactive ketones (excluding diaryl/α,β-unsaturated/α-hetero) is 1. The zero-order valence-electron chi connectivity index (χ0n) is 17.3. The summed E-state index contributed by atoms with van der Waals surface area (Å²) in [7, 11) is 0. The Kier molecular flexibility index (Phi) is 8.67. The normalized spacial score (nSPS) is 12.5. The Hall–Kier alpha value is -1.54. The van der Waals surface area contributed by atoms with Gasteiger partial charge < -0.3 is 0 Å². The van der Waals surface area contributed by atoms with E-state index < -0.39 is 0 Å². The van der Waals surface area contributed by atoms with Crippen LogP contribution >= 0.6 is 11.8 Å². The quantitative estimate of drug-likeness (QED) is 0.227. The summed E-state index contributed by atoms with van der Waals surface area (Å²) < 4.78 is 0. The van der Waals surface area contributed by atoms with Crippen LogP contribution < -0.4 is 0 Å². The first-order chi connectivity index (χ1) is 13.8. The van der Waals surface area contributed by atoms with Crippen LogP contribution in [-0.4, -0.2) is 5.78 Å².